The molecule has 0 bridgehead atoms. The van der Waals surface area contributed by atoms with E-state index in [-0.39, 0.29) is 34.4 Å². The molecular weight excluding hydrogens is 356 g/mol. The van der Waals surface area contributed by atoms with E-state index in [1.54, 1.807) is 6.08 Å². The molecule has 2 rings (SSSR count). The van der Waals surface area contributed by atoms with Gasteiger partial charge >= 0.3 is 11.9 Å². The third kappa shape index (κ3) is 4.08. The van der Waals surface area contributed by atoms with Crippen molar-refractivity contribution < 1.29 is 23.9 Å². The van der Waals surface area contributed by atoms with Crippen LogP contribution < -0.4 is 0 Å². The SMILES string of the molecule is COC(=O)/C=C(\C)C[C@@H](OC(C)=O)[C@]1(C)[C@H]2CC(=O)C=C(C)[C@@]2(C)CC[C@@H]1C. The molecule has 0 aromatic rings. The van der Waals surface area contributed by atoms with E-state index >= 15 is 0 Å². The normalized spacial score (nSPS) is 34.2. The van der Waals surface area contributed by atoms with Crippen LogP contribution in [0.1, 0.15) is 67.2 Å². The van der Waals surface area contributed by atoms with Crippen molar-refractivity contribution in [3.8, 4) is 0 Å². The molecule has 2 aliphatic carbocycles. The number of hydrogen-bond donors (Lipinski definition) is 0. The lowest BCUT2D eigenvalue weighted by Crippen LogP contribution is -2.57. The maximum Gasteiger partial charge on any atom is 0.330 e. The first-order chi connectivity index (χ1) is 12.9. The molecule has 5 heteroatoms. The van der Waals surface area contributed by atoms with Crippen molar-refractivity contribution in [3.05, 3.63) is 23.3 Å². The minimum absolute atomic E-state index is 0.0801. The van der Waals surface area contributed by atoms with Crippen LogP contribution in [0.15, 0.2) is 23.3 Å². The molecule has 0 radical (unpaired) electrons. The van der Waals surface area contributed by atoms with Crippen LogP contribution in [0.25, 0.3) is 0 Å². The second-order valence-corrected chi connectivity index (χ2v) is 9.09. The molecule has 5 nitrogen and oxygen atoms in total. The van der Waals surface area contributed by atoms with Crippen LogP contribution in [0.5, 0.6) is 0 Å². The number of ether oxygens (including phenoxy) is 2. The van der Waals surface area contributed by atoms with Gasteiger partial charge in [0.15, 0.2) is 5.78 Å². The largest absolute Gasteiger partial charge is 0.466 e. The number of allylic oxidation sites excluding steroid dienone is 2. The van der Waals surface area contributed by atoms with Gasteiger partial charge in [0.1, 0.15) is 6.10 Å². The minimum atomic E-state index is -0.419. The van der Waals surface area contributed by atoms with Crippen molar-refractivity contribution in [1.82, 2.24) is 0 Å². The van der Waals surface area contributed by atoms with Gasteiger partial charge < -0.3 is 9.47 Å². The lowest BCUT2D eigenvalue weighted by atomic mass is 9.46. The van der Waals surface area contributed by atoms with Crippen molar-refractivity contribution in [2.75, 3.05) is 7.11 Å². The van der Waals surface area contributed by atoms with Gasteiger partial charge in [-0.05, 0) is 50.0 Å². The molecule has 156 valence electrons. The maximum absolute atomic E-state index is 12.5. The van der Waals surface area contributed by atoms with Crippen LogP contribution in [-0.2, 0) is 23.9 Å². The highest BCUT2D eigenvalue weighted by atomic mass is 16.5. The Kier molecular flexibility index (Phi) is 6.57. The smallest absolute Gasteiger partial charge is 0.330 e. The Balaban J connectivity index is 2.50. The first-order valence-electron chi connectivity index (χ1n) is 10.1. The van der Waals surface area contributed by atoms with E-state index < -0.39 is 12.1 Å². The van der Waals surface area contributed by atoms with Gasteiger partial charge in [0.05, 0.1) is 7.11 Å². The molecule has 1 saturated carbocycles. The zero-order chi connectivity index (χ0) is 21.3. The predicted molar refractivity (Wildman–Crippen MR) is 107 cm³/mol. The van der Waals surface area contributed by atoms with Crippen molar-refractivity contribution in [1.29, 1.82) is 0 Å². The number of ketones is 1. The minimum Gasteiger partial charge on any atom is -0.466 e. The summed E-state index contributed by atoms with van der Waals surface area (Å²) in [6.07, 6.45) is 5.75. The van der Waals surface area contributed by atoms with E-state index in [1.165, 1.54) is 20.1 Å². The van der Waals surface area contributed by atoms with E-state index in [9.17, 15) is 14.4 Å². The molecule has 0 heterocycles. The number of carbonyl (C=O) groups excluding carboxylic acids is 3. The zero-order valence-corrected chi connectivity index (χ0v) is 18.3. The Morgan fingerprint density at radius 1 is 1.32 bits per heavy atom. The quantitative estimate of drug-likeness (QED) is 0.514. The van der Waals surface area contributed by atoms with Gasteiger partial charge in [0.25, 0.3) is 0 Å². The van der Waals surface area contributed by atoms with E-state index in [0.29, 0.717) is 12.8 Å². The molecule has 0 aromatic carbocycles. The molecule has 0 unspecified atom stereocenters. The standard InChI is InChI=1S/C23H34O5/c1-14(11-21(26)27-7)10-20(28-17(4)24)23(6)15(2)8-9-22(5)16(3)12-18(25)13-19(22)23/h11-12,15,19-20H,8-10,13H2,1-7H3/b14-11+/t15-,19-,20+,22+,23-/m0/s1. The summed E-state index contributed by atoms with van der Waals surface area (Å²) < 4.78 is 10.6. The van der Waals surface area contributed by atoms with E-state index in [0.717, 1.165) is 24.0 Å². The van der Waals surface area contributed by atoms with Gasteiger partial charge in [-0.1, -0.05) is 31.9 Å². The van der Waals surface area contributed by atoms with Crippen LogP contribution in [0.3, 0.4) is 0 Å². The van der Waals surface area contributed by atoms with Crippen molar-refractivity contribution >= 4 is 17.7 Å². The summed E-state index contributed by atoms with van der Waals surface area (Å²) in [5.41, 5.74) is 1.45. The average molecular weight is 391 g/mol. The molecule has 28 heavy (non-hydrogen) atoms. The second kappa shape index (κ2) is 8.22. The first-order valence-corrected chi connectivity index (χ1v) is 10.1. The van der Waals surface area contributed by atoms with Gasteiger partial charge in [-0.3, -0.25) is 9.59 Å². The Morgan fingerprint density at radius 3 is 2.54 bits per heavy atom. The molecule has 0 aliphatic heterocycles. The Bertz CT molecular complexity index is 719. The number of methoxy groups -OCH3 is 1. The van der Waals surface area contributed by atoms with Crippen LogP contribution in [-0.4, -0.2) is 30.9 Å². The average Bonchev–Trinajstić information content (AvgIpc) is 2.60. The van der Waals surface area contributed by atoms with Crippen molar-refractivity contribution in [2.24, 2.45) is 22.7 Å². The van der Waals surface area contributed by atoms with Gasteiger partial charge in [0, 0.05) is 31.3 Å². The first kappa shape index (κ1) is 22.4. The van der Waals surface area contributed by atoms with Crippen molar-refractivity contribution in [3.63, 3.8) is 0 Å². The fraction of sp³-hybridized carbons (Fsp3) is 0.696. The fourth-order valence-corrected chi connectivity index (χ4v) is 5.36. The molecule has 0 saturated heterocycles. The van der Waals surface area contributed by atoms with Crippen molar-refractivity contribution in [2.45, 2.75) is 73.3 Å². The Labute approximate surface area is 168 Å². The molecule has 1 fully saturated rings. The summed E-state index contributed by atoms with van der Waals surface area (Å²) in [5, 5.41) is 0. The number of rotatable bonds is 5. The number of fused-ring (bicyclic) bond motifs is 1. The molecular formula is C23H34O5. The summed E-state index contributed by atoms with van der Waals surface area (Å²) in [6, 6.07) is 0. The van der Waals surface area contributed by atoms with Gasteiger partial charge in [-0.2, -0.15) is 0 Å². The van der Waals surface area contributed by atoms with Gasteiger partial charge in [-0.25, -0.2) is 4.79 Å². The number of carbonyl (C=O) groups is 3. The molecule has 2 aliphatic rings. The zero-order valence-electron chi connectivity index (χ0n) is 18.3. The summed E-state index contributed by atoms with van der Waals surface area (Å²) in [6.45, 7) is 11.9. The highest BCUT2D eigenvalue weighted by Crippen LogP contribution is 2.62. The van der Waals surface area contributed by atoms with Gasteiger partial charge in [0.2, 0.25) is 0 Å². The molecule has 0 amide bonds. The van der Waals surface area contributed by atoms with Crippen LogP contribution in [0, 0.1) is 22.7 Å². The Morgan fingerprint density at radius 2 is 1.96 bits per heavy atom. The summed E-state index contributed by atoms with van der Waals surface area (Å²) in [7, 11) is 1.34. The molecule has 0 N–H and O–H groups in total. The predicted octanol–water partition coefficient (Wildman–Crippen LogP) is 4.41. The number of hydrogen-bond acceptors (Lipinski definition) is 5. The fourth-order valence-electron chi connectivity index (χ4n) is 5.36. The van der Waals surface area contributed by atoms with E-state index in [4.69, 9.17) is 9.47 Å². The van der Waals surface area contributed by atoms with Crippen LogP contribution in [0.4, 0.5) is 0 Å². The Hall–Kier alpha value is -1.91. The summed E-state index contributed by atoms with van der Waals surface area (Å²) >= 11 is 0. The lowest BCUT2D eigenvalue weighted by Gasteiger charge is -2.59. The monoisotopic (exact) mass is 390 g/mol. The number of esters is 2. The summed E-state index contributed by atoms with van der Waals surface area (Å²) in [5.74, 6) is -0.261. The topological polar surface area (TPSA) is 69.7 Å². The molecule has 5 atom stereocenters. The van der Waals surface area contributed by atoms with E-state index in [2.05, 4.69) is 20.8 Å². The molecule has 0 spiro atoms. The maximum atomic E-state index is 12.5. The highest BCUT2D eigenvalue weighted by Gasteiger charge is 2.58. The highest BCUT2D eigenvalue weighted by molar-refractivity contribution is 5.92. The van der Waals surface area contributed by atoms with Crippen LogP contribution in [0.2, 0.25) is 0 Å². The van der Waals surface area contributed by atoms with Crippen LogP contribution >= 0.6 is 0 Å². The molecule has 0 aromatic heterocycles. The van der Waals surface area contributed by atoms with E-state index in [1.807, 2.05) is 13.8 Å². The third-order valence-corrected chi connectivity index (χ3v) is 7.44. The lowest BCUT2D eigenvalue weighted by molar-refractivity contribution is -0.172. The van der Waals surface area contributed by atoms with Gasteiger partial charge in [-0.15, -0.1) is 0 Å². The third-order valence-electron chi connectivity index (χ3n) is 7.44. The second-order valence-electron chi connectivity index (χ2n) is 9.09. The summed E-state index contributed by atoms with van der Waals surface area (Å²) in [4.78, 5) is 36.1.